The molecule has 1 unspecified atom stereocenters. The molecule has 12 rings (SSSR count). The van der Waals surface area contributed by atoms with E-state index >= 15 is 0 Å². The summed E-state index contributed by atoms with van der Waals surface area (Å²) in [5.41, 5.74) is 10.2. The molecule has 0 saturated carbocycles. The minimum absolute atomic E-state index is 0.604. The van der Waals surface area contributed by atoms with Gasteiger partial charge in [-0.25, -0.2) is 0 Å². The number of hydrogen-bond acceptors (Lipinski definition) is 3. The van der Waals surface area contributed by atoms with E-state index in [1.807, 2.05) is 11.3 Å². The summed E-state index contributed by atoms with van der Waals surface area (Å²) in [6.45, 7) is 0. The molecule has 2 nitrogen and oxygen atoms in total. The topological polar surface area (TPSA) is 12.5 Å². The van der Waals surface area contributed by atoms with Gasteiger partial charge in [0.1, 0.15) is 11.5 Å². The van der Waals surface area contributed by atoms with Crippen LogP contribution in [-0.2, 0) is 5.41 Å². The molecule has 1 atom stereocenters. The van der Waals surface area contributed by atoms with Crippen LogP contribution in [0.15, 0.2) is 188 Å². The van der Waals surface area contributed by atoms with Crippen molar-refractivity contribution >= 4 is 70.1 Å². The molecule has 0 radical (unpaired) electrons. The molecule has 1 aliphatic heterocycles. The Bertz CT molecular complexity index is 3170. The van der Waals surface area contributed by atoms with Crippen LogP contribution in [0.1, 0.15) is 22.3 Å². The lowest BCUT2D eigenvalue weighted by molar-refractivity contribution is 0.438. The van der Waals surface area contributed by atoms with E-state index in [2.05, 4.69) is 193 Å². The van der Waals surface area contributed by atoms with E-state index in [1.165, 1.54) is 75.1 Å². The summed E-state index contributed by atoms with van der Waals surface area (Å²) in [4.78, 5) is 2.47. The first-order valence-electron chi connectivity index (χ1n) is 18.5. The van der Waals surface area contributed by atoms with Crippen LogP contribution in [0.3, 0.4) is 0 Å². The normalized spacial score (nSPS) is 15.3. The van der Waals surface area contributed by atoms with Crippen molar-refractivity contribution in [3.63, 3.8) is 0 Å². The van der Waals surface area contributed by atoms with Crippen LogP contribution in [0.5, 0.6) is 11.5 Å². The van der Waals surface area contributed by atoms with Crippen LogP contribution in [0.4, 0.5) is 17.1 Å². The van der Waals surface area contributed by atoms with E-state index in [0.29, 0.717) is 0 Å². The number of rotatable bonds is 3. The number of ether oxygens (including phenoxy) is 1. The Kier molecular flexibility index (Phi) is 6.17. The first-order valence-corrected chi connectivity index (χ1v) is 19.3. The van der Waals surface area contributed by atoms with Crippen LogP contribution in [0.2, 0.25) is 0 Å². The summed E-state index contributed by atoms with van der Waals surface area (Å²) in [6.07, 6.45) is 0. The first kappa shape index (κ1) is 29.9. The lowest BCUT2D eigenvalue weighted by Gasteiger charge is -2.40. The third-order valence-corrected chi connectivity index (χ3v) is 12.8. The average Bonchev–Trinajstić information content (AvgIpc) is 3.74. The maximum absolute atomic E-state index is 6.82. The van der Waals surface area contributed by atoms with Crippen molar-refractivity contribution in [1.29, 1.82) is 0 Å². The smallest absolute Gasteiger partial charge is 0.132 e. The molecule has 252 valence electrons. The lowest BCUT2D eigenvalue weighted by Crippen LogP contribution is -2.32. The number of nitrogens with zero attached hydrogens (tertiary/aromatic N) is 1. The van der Waals surface area contributed by atoms with Crippen molar-refractivity contribution in [2.45, 2.75) is 5.41 Å². The minimum atomic E-state index is -0.604. The highest BCUT2D eigenvalue weighted by atomic mass is 32.1. The van der Waals surface area contributed by atoms with Gasteiger partial charge >= 0.3 is 0 Å². The predicted octanol–water partition coefficient (Wildman–Crippen LogP) is 14.3. The van der Waals surface area contributed by atoms with Gasteiger partial charge in [0, 0.05) is 48.1 Å². The molecule has 2 aliphatic rings. The third kappa shape index (κ3) is 3.99. The highest BCUT2D eigenvalue weighted by Gasteiger charge is 2.52. The summed E-state index contributed by atoms with van der Waals surface area (Å²) >= 11 is 1.86. The highest BCUT2D eigenvalue weighted by Crippen LogP contribution is 2.64. The standard InChI is InChI=1S/C51H31NOS/c1-3-15-36-32(12-1)14-11-21-45(36)52(35-26-28-41-40-18-6-10-23-48(40)54-49(41)31-35)34-25-27-39-38-17-5-7-19-42(38)51(44(39)30-34)43-20-8-9-22-46(43)53-47-29-24-33-13-2-4-16-37(33)50(47)51/h1-31H. The van der Waals surface area contributed by atoms with Gasteiger partial charge in [0.05, 0.1) is 11.1 Å². The molecule has 9 aromatic carbocycles. The number of thiophene rings is 1. The summed E-state index contributed by atoms with van der Waals surface area (Å²) in [5, 5.41) is 7.44. The van der Waals surface area contributed by atoms with Gasteiger partial charge in [-0.2, -0.15) is 0 Å². The quantitative estimate of drug-likeness (QED) is 0.181. The van der Waals surface area contributed by atoms with Crippen LogP contribution in [0, 0.1) is 0 Å². The Labute approximate surface area is 316 Å². The Morgan fingerprint density at radius 3 is 1.96 bits per heavy atom. The number of hydrogen-bond donors (Lipinski definition) is 0. The molecule has 1 aliphatic carbocycles. The van der Waals surface area contributed by atoms with Crippen LogP contribution in [-0.4, -0.2) is 0 Å². The molecular formula is C51H31NOS. The monoisotopic (exact) mass is 705 g/mol. The largest absolute Gasteiger partial charge is 0.457 e. The van der Waals surface area contributed by atoms with E-state index in [1.54, 1.807) is 0 Å². The maximum Gasteiger partial charge on any atom is 0.132 e. The second-order valence-electron chi connectivity index (χ2n) is 14.4. The van der Waals surface area contributed by atoms with Gasteiger partial charge in [-0.3, -0.25) is 0 Å². The SMILES string of the molecule is c1ccc2c(c1)Oc1ccc3ccccc3c1C21c2ccccc2-c2ccc(N(c3ccc4c(c3)sc3ccccc34)c3cccc4ccccc34)cc21. The number of para-hydroxylation sites is 1. The second-order valence-corrected chi connectivity index (χ2v) is 15.5. The van der Waals surface area contributed by atoms with Gasteiger partial charge < -0.3 is 9.64 Å². The van der Waals surface area contributed by atoms with Gasteiger partial charge in [0.25, 0.3) is 0 Å². The van der Waals surface area contributed by atoms with E-state index in [9.17, 15) is 0 Å². The molecule has 0 fully saturated rings. The van der Waals surface area contributed by atoms with Gasteiger partial charge in [0.2, 0.25) is 0 Å². The Hall–Kier alpha value is -6.68. The van der Waals surface area contributed by atoms with Crippen LogP contribution >= 0.6 is 11.3 Å². The third-order valence-electron chi connectivity index (χ3n) is 11.7. The van der Waals surface area contributed by atoms with Crippen LogP contribution in [0.25, 0.3) is 52.8 Å². The second kappa shape index (κ2) is 11.2. The van der Waals surface area contributed by atoms with Crippen LogP contribution < -0.4 is 9.64 Å². The van der Waals surface area contributed by atoms with E-state index < -0.39 is 5.41 Å². The van der Waals surface area contributed by atoms with E-state index in [4.69, 9.17) is 4.74 Å². The van der Waals surface area contributed by atoms with Gasteiger partial charge in [-0.1, -0.05) is 140 Å². The molecule has 0 N–H and O–H groups in total. The predicted molar refractivity (Wildman–Crippen MR) is 226 cm³/mol. The van der Waals surface area contributed by atoms with E-state index in [-0.39, 0.29) is 0 Å². The van der Waals surface area contributed by atoms with Crippen molar-refractivity contribution in [3.05, 3.63) is 210 Å². The average molecular weight is 706 g/mol. The molecule has 1 aromatic heterocycles. The Balaban J connectivity index is 1.19. The molecule has 10 aromatic rings. The summed E-state index contributed by atoms with van der Waals surface area (Å²) in [7, 11) is 0. The molecule has 2 heterocycles. The summed E-state index contributed by atoms with van der Waals surface area (Å²) in [5.74, 6) is 1.80. The summed E-state index contributed by atoms with van der Waals surface area (Å²) < 4.78 is 9.41. The van der Waals surface area contributed by atoms with Gasteiger partial charge in [0.15, 0.2) is 0 Å². The Morgan fingerprint density at radius 2 is 1.06 bits per heavy atom. The molecule has 54 heavy (non-hydrogen) atoms. The van der Waals surface area contributed by atoms with Crippen molar-refractivity contribution in [3.8, 4) is 22.6 Å². The first-order chi connectivity index (χ1) is 26.8. The molecule has 0 bridgehead atoms. The summed E-state index contributed by atoms with van der Waals surface area (Å²) in [6, 6.07) is 69.0. The molecule has 3 heteroatoms. The van der Waals surface area contributed by atoms with Crippen molar-refractivity contribution in [1.82, 2.24) is 0 Å². The Morgan fingerprint density at radius 1 is 0.407 bits per heavy atom. The zero-order chi connectivity index (χ0) is 35.4. The van der Waals surface area contributed by atoms with E-state index in [0.717, 1.165) is 28.6 Å². The zero-order valence-electron chi connectivity index (χ0n) is 29.2. The number of anilines is 3. The number of benzene rings is 9. The maximum atomic E-state index is 6.82. The molecule has 1 spiro atoms. The molecule has 0 saturated heterocycles. The van der Waals surface area contributed by atoms with Crippen molar-refractivity contribution < 1.29 is 4.74 Å². The highest BCUT2D eigenvalue weighted by molar-refractivity contribution is 7.25. The fraction of sp³-hybridized carbons (Fsp3) is 0.0196. The minimum Gasteiger partial charge on any atom is -0.457 e. The fourth-order valence-electron chi connectivity index (χ4n) is 9.49. The van der Waals surface area contributed by atoms with Crippen molar-refractivity contribution in [2.24, 2.45) is 0 Å². The fourth-order valence-corrected chi connectivity index (χ4v) is 10.6. The van der Waals surface area contributed by atoms with Crippen molar-refractivity contribution in [2.75, 3.05) is 4.90 Å². The molecular weight excluding hydrogens is 675 g/mol. The van der Waals surface area contributed by atoms with Gasteiger partial charge in [-0.05, 0) is 86.9 Å². The number of fused-ring (bicyclic) bond motifs is 15. The zero-order valence-corrected chi connectivity index (χ0v) is 30.0. The van der Waals surface area contributed by atoms with Gasteiger partial charge in [-0.15, -0.1) is 11.3 Å². The molecule has 0 amide bonds. The lowest BCUT2D eigenvalue weighted by atomic mass is 9.65.